The van der Waals surface area contributed by atoms with E-state index in [1.54, 1.807) is 6.92 Å². The van der Waals surface area contributed by atoms with Crippen molar-refractivity contribution in [1.29, 1.82) is 0 Å². The van der Waals surface area contributed by atoms with Crippen molar-refractivity contribution in [3.05, 3.63) is 12.2 Å². The zero-order valence-corrected chi connectivity index (χ0v) is 10.6. The summed E-state index contributed by atoms with van der Waals surface area (Å²) >= 11 is 0. The van der Waals surface area contributed by atoms with Crippen molar-refractivity contribution in [2.75, 3.05) is 7.11 Å². The summed E-state index contributed by atoms with van der Waals surface area (Å²) in [5.74, 6) is -1.17. The smallest absolute Gasteiger partial charge is 0.333 e. The second-order valence-corrected chi connectivity index (χ2v) is 4.58. The number of methoxy groups -OCH3 is 1. The predicted molar refractivity (Wildman–Crippen MR) is 65.3 cm³/mol. The Morgan fingerprint density at radius 1 is 1.29 bits per heavy atom. The number of hydrogen-bond acceptors (Lipinski definition) is 3. The molecule has 96 valence electrons. The molecule has 17 heavy (non-hydrogen) atoms. The van der Waals surface area contributed by atoms with Gasteiger partial charge >= 0.3 is 5.97 Å². The molecule has 1 fully saturated rings. The molecule has 0 aromatic rings. The lowest BCUT2D eigenvalue weighted by molar-refractivity contribution is -0.138. The Balaban J connectivity index is 2.45. The molecule has 0 heterocycles. The van der Waals surface area contributed by atoms with Crippen LogP contribution in [0.3, 0.4) is 0 Å². The van der Waals surface area contributed by atoms with Crippen LogP contribution in [0.2, 0.25) is 0 Å². The minimum atomic E-state index is -0.524. The molecule has 0 radical (unpaired) electrons. The standard InChI is InChI=1S/C13H21NO3/c1-9(10(2)13(16)17-3)12(15)14-11-7-5-4-6-8-11/h9,11H,2,4-8H2,1,3H3,(H,14,15). The Bertz CT molecular complexity index is 306. The van der Waals surface area contributed by atoms with Crippen LogP contribution >= 0.6 is 0 Å². The molecule has 0 spiro atoms. The van der Waals surface area contributed by atoms with Gasteiger partial charge in [-0.1, -0.05) is 25.8 Å². The number of rotatable bonds is 4. The highest BCUT2D eigenvalue weighted by atomic mass is 16.5. The highest BCUT2D eigenvalue weighted by Gasteiger charge is 2.24. The monoisotopic (exact) mass is 239 g/mol. The zero-order chi connectivity index (χ0) is 12.8. The molecule has 0 saturated heterocycles. The Morgan fingerprint density at radius 2 is 1.88 bits per heavy atom. The zero-order valence-electron chi connectivity index (χ0n) is 10.6. The molecule has 0 aliphatic heterocycles. The van der Waals surface area contributed by atoms with Crippen LogP contribution in [0.1, 0.15) is 39.0 Å². The fourth-order valence-corrected chi connectivity index (χ4v) is 2.04. The molecule has 1 saturated carbocycles. The maximum atomic E-state index is 11.9. The van der Waals surface area contributed by atoms with Gasteiger partial charge in [-0.05, 0) is 19.8 Å². The van der Waals surface area contributed by atoms with E-state index in [1.807, 2.05) is 0 Å². The number of carbonyl (C=O) groups excluding carboxylic acids is 2. The first kappa shape index (κ1) is 13.7. The molecular formula is C13H21NO3. The second-order valence-electron chi connectivity index (χ2n) is 4.58. The van der Waals surface area contributed by atoms with Crippen LogP contribution < -0.4 is 5.32 Å². The van der Waals surface area contributed by atoms with E-state index in [2.05, 4.69) is 16.6 Å². The topological polar surface area (TPSA) is 55.4 Å². The van der Waals surface area contributed by atoms with E-state index < -0.39 is 11.9 Å². The fraction of sp³-hybridized carbons (Fsp3) is 0.692. The lowest BCUT2D eigenvalue weighted by Crippen LogP contribution is -2.40. The molecule has 1 atom stereocenters. The number of hydrogen-bond donors (Lipinski definition) is 1. The second kappa shape index (κ2) is 6.42. The van der Waals surface area contributed by atoms with Gasteiger partial charge in [0, 0.05) is 11.6 Å². The SMILES string of the molecule is C=C(C(=O)OC)C(C)C(=O)NC1CCCCC1. The summed E-state index contributed by atoms with van der Waals surface area (Å²) in [6.07, 6.45) is 5.64. The van der Waals surface area contributed by atoms with Crippen LogP contribution in [-0.2, 0) is 14.3 Å². The third-order valence-electron chi connectivity index (χ3n) is 3.32. The Hall–Kier alpha value is -1.32. The highest BCUT2D eigenvalue weighted by Crippen LogP contribution is 2.18. The van der Waals surface area contributed by atoms with E-state index in [4.69, 9.17) is 0 Å². The van der Waals surface area contributed by atoms with Crippen LogP contribution in [0, 0.1) is 5.92 Å². The summed E-state index contributed by atoms with van der Waals surface area (Å²) in [6.45, 7) is 5.28. The molecule has 1 unspecified atom stereocenters. The first-order chi connectivity index (χ1) is 8.06. The Morgan fingerprint density at radius 3 is 2.41 bits per heavy atom. The Labute approximate surface area is 102 Å². The largest absolute Gasteiger partial charge is 0.466 e. The molecule has 1 N–H and O–H groups in total. The summed E-state index contributed by atoms with van der Waals surface area (Å²) in [7, 11) is 1.29. The first-order valence-corrected chi connectivity index (χ1v) is 6.13. The number of nitrogens with one attached hydrogen (secondary N) is 1. The van der Waals surface area contributed by atoms with E-state index in [0.29, 0.717) is 0 Å². The molecule has 4 nitrogen and oxygen atoms in total. The van der Waals surface area contributed by atoms with E-state index in [1.165, 1.54) is 13.5 Å². The third kappa shape index (κ3) is 3.88. The molecule has 1 aliphatic rings. The van der Waals surface area contributed by atoms with Gasteiger partial charge in [0.2, 0.25) is 5.91 Å². The molecule has 0 aromatic carbocycles. The summed E-state index contributed by atoms with van der Waals surface area (Å²) in [5, 5.41) is 2.97. The molecule has 0 bridgehead atoms. The average Bonchev–Trinajstić information content (AvgIpc) is 2.37. The fourth-order valence-electron chi connectivity index (χ4n) is 2.04. The lowest BCUT2D eigenvalue weighted by atomic mass is 9.94. The molecule has 1 rings (SSSR count). The molecular weight excluding hydrogens is 218 g/mol. The van der Waals surface area contributed by atoms with Crippen LogP contribution in [0.5, 0.6) is 0 Å². The van der Waals surface area contributed by atoms with Crippen molar-refractivity contribution < 1.29 is 14.3 Å². The third-order valence-corrected chi connectivity index (χ3v) is 3.32. The highest BCUT2D eigenvalue weighted by molar-refractivity contribution is 5.96. The van der Waals surface area contributed by atoms with Crippen molar-refractivity contribution in [3.63, 3.8) is 0 Å². The van der Waals surface area contributed by atoms with Gasteiger partial charge in [-0.15, -0.1) is 0 Å². The van der Waals surface area contributed by atoms with Gasteiger partial charge in [-0.25, -0.2) is 4.79 Å². The molecule has 1 amide bonds. The van der Waals surface area contributed by atoms with E-state index in [9.17, 15) is 9.59 Å². The van der Waals surface area contributed by atoms with Gasteiger partial charge in [0.1, 0.15) is 0 Å². The van der Waals surface area contributed by atoms with Crippen LogP contribution in [0.25, 0.3) is 0 Å². The minimum absolute atomic E-state index is 0.132. The van der Waals surface area contributed by atoms with E-state index in [0.717, 1.165) is 25.7 Å². The van der Waals surface area contributed by atoms with Gasteiger partial charge in [0.25, 0.3) is 0 Å². The molecule has 4 heteroatoms. The van der Waals surface area contributed by atoms with Gasteiger partial charge < -0.3 is 10.1 Å². The van der Waals surface area contributed by atoms with Crippen LogP contribution in [0.15, 0.2) is 12.2 Å². The Kier molecular flexibility index (Phi) is 5.19. The van der Waals surface area contributed by atoms with Crippen molar-refractivity contribution in [1.82, 2.24) is 5.32 Å². The van der Waals surface area contributed by atoms with Crippen molar-refractivity contribution >= 4 is 11.9 Å². The average molecular weight is 239 g/mol. The number of amides is 1. The first-order valence-electron chi connectivity index (χ1n) is 6.13. The molecule has 0 aromatic heterocycles. The van der Waals surface area contributed by atoms with E-state index in [-0.39, 0.29) is 17.5 Å². The number of esters is 1. The van der Waals surface area contributed by atoms with Gasteiger partial charge in [-0.2, -0.15) is 0 Å². The van der Waals surface area contributed by atoms with Gasteiger partial charge in [0.15, 0.2) is 0 Å². The van der Waals surface area contributed by atoms with Crippen LogP contribution in [0.4, 0.5) is 0 Å². The molecule has 1 aliphatic carbocycles. The summed E-state index contributed by atoms with van der Waals surface area (Å²) in [4.78, 5) is 23.1. The number of ether oxygens (including phenoxy) is 1. The summed E-state index contributed by atoms with van der Waals surface area (Å²) in [5.41, 5.74) is 0.209. The maximum Gasteiger partial charge on any atom is 0.333 e. The maximum absolute atomic E-state index is 11.9. The summed E-state index contributed by atoms with van der Waals surface area (Å²) in [6, 6.07) is 0.254. The van der Waals surface area contributed by atoms with Crippen molar-refractivity contribution in [3.8, 4) is 0 Å². The van der Waals surface area contributed by atoms with Crippen molar-refractivity contribution in [2.45, 2.75) is 45.1 Å². The summed E-state index contributed by atoms with van der Waals surface area (Å²) < 4.78 is 4.55. The normalized spacial score (nSPS) is 18.2. The van der Waals surface area contributed by atoms with Gasteiger partial charge in [0.05, 0.1) is 13.0 Å². The van der Waals surface area contributed by atoms with Crippen LogP contribution in [-0.4, -0.2) is 25.0 Å². The van der Waals surface area contributed by atoms with E-state index >= 15 is 0 Å². The minimum Gasteiger partial charge on any atom is -0.466 e. The van der Waals surface area contributed by atoms with Crippen molar-refractivity contribution in [2.24, 2.45) is 5.92 Å². The quantitative estimate of drug-likeness (QED) is 0.601. The predicted octanol–water partition coefficient (Wildman–Crippen LogP) is 1.80. The number of carbonyl (C=O) groups is 2. The lowest BCUT2D eigenvalue weighted by Gasteiger charge is -2.24. The van der Waals surface area contributed by atoms with Gasteiger partial charge in [-0.3, -0.25) is 4.79 Å².